The molecule has 0 saturated heterocycles. The molecule has 2 aliphatic carbocycles. The number of carbonyl (C=O) groups is 5. The fourth-order valence-corrected chi connectivity index (χ4v) is 2.18. The Bertz CT molecular complexity index is 1000. The number of amides is 2. The number of allylic oxidation sites excluding steroid dienone is 14. The summed E-state index contributed by atoms with van der Waals surface area (Å²) in [4.78, 5) is 54.3. The molecule has 0 aromatic carbocycles. The molecule has 6 N–H and O–H groups in total. The summed E-state index contributed by atoms with van der Waals surface area (Å²) < 4.78 is 0. The van der Waals surface area contributed by atoms with E-state index in [4.69, 9.17) is 10.2 Å². The topological polar surface area (TPSA) is 174 Å². The monoisotopic (exact) mass is 588 g/mol. The molecule has 0 heterocycles. The number of urea groups is 1. The fourth-order valence-electron chi connectivity index (χ4n) is 2.18. The molecule has 196 valence electrons. The maximum absolute atomic E-state index is 11.4. The zero-order valence-corrected chi connectivity index (χ0v) is 23.3. The second-order valence-corrected chi connectivity index (χ2v) is 7.02. The van der Waals surface area contributed by atoms with Gasteiger partial charge in [-0.2, -0.15) is 0 Å². The Labute approximate surface area is 234 Å². The molecule has 2 aliphatic rings. The van der Waals surface area contributed by atoms with Crippen molar-refractivity contribution < 1.29 is 60.4 Å². The number of carbonyl (C=O) groups excluding carboxylic acids is 5. The van der Waals surface area contributed by atoms with Crippen molar-refractivity contribution in [2.24, 2.45) is 0 Å². The van der Waals surface area contributed by atoms with Crippen LogP contribution < -0.4 is 21.7 Å². The van der Waals surface area contributed by atoms with E-state index in [2.05, 4.69) is 21.7 Å². The van der Waals surface area contributed by atoms with E-state index in [0.717, 1.165) is 0 Å². The van der Waals surface area contributed by atoms with Gasteiger partial charge in [0.2, 0.25) is 0 Å². The van der Waals surface area contributed by atoms with Gasteiger partial charge >= 0.3 is 6.03 Å². The summed E-state index contributed by atoms with van der Waals surface area (Å²) in [5, 5.41) is 16.7. The normalized spacial score (nSPS) is 16.0. The van der Waals surface area contributed by atoms with Crippen LogP contribution in [0.15, 0.2) is 95.8 Å². The zero-order chi connectivity index (χ0) is 27.5. The molecule has 2 amide bonds. The van der Waals surface area contributed by atoms with Gasteiger partial charge in [0.1, 0.15) is 0 Å². The number of hydrogen-bond acceptors (Lipinski definition) is 9. The SMILES string of the molecule is CC(=O)/C=C(/C)O.CC(=O)/C=C(/C)O.O=C(NN/C=C1/C=CC=CC1=O)NN/C=C1/C=CC=CC1=O.[Zr]. The van der Waals surface area contributed by atoms with Gasteiger partial charge in [0.15, 0.2) is 23.1 Å². The van der Waals surface area contributed by atoms with E-state index in [-0.39, 0.29) is 60.9 Å². The molecule has 0 aromatic heterocycles. The Morgan fingerprint density at radius 2 is 0.973 bits per heavy atom. The van der Waals surface area contributed by atoms with Crippen molar-refractivity contribution in [2.45, 2.75) is 27.7 Å². The Balaban J connectivity index is 0. The van der Waals surface area contributed by atoms with Crippen molar-refractivity contribution in [3.63, 3.8) is 0 Å². The van der Waals surface area contributed by atoms with E-state index in [9.17, 15) is 24.0 Å². The molecule has 11 nitrogen and oxygen atoms in total. The number of hydrogen-bond donors (Lipinski definition) is 6. The first-order valence-electron chi connectivity index (χ1n) is 10.4. The van der Waals surface area contributed by atoms with Gasteiger partial charge in [0.05, 0.1) is 11.5 Å². The number of ketones is 4. The molecule has 12 heteroatoms. The van der Waals surface area contributed by atoms with Crippen LogP contribution >= 0.6 is 0 Å². The number of rotatable bonds is 6. The average molecular weight is 590 g/mol. The second kappa shape index (κ2) is 20.2. The van der Waals surface area contributed by atoms with E-state index in [1.54, 1.807) is 36.5 Å². The number of aliphatic hydroxyl groups is 2. The number of hydrazine groups is 2. The molecule has 0 fully saturated rings. The maximum Gasteiger partial charge on any atom is 0.351 e. The summed E-state index contributed by atoms with van der Waals surface area (Å²) in [6.45, 7) is 5.70. The quantitative estimate of drug-likeness (QED) is 0.155. The van der Waals surface area contributed by atoms with Gasteiger partial charge in [-0.05, 0) is 52.0 Å². The van der Waals surface area contributed by atoms with Crippen LogP contribution in [0.2, 0.25) is 0 Å². The van der Waals surface area contributed by atoms with Gasteiger partial charge in [0, 0.05) is 61.9 Å². The van der Waals surface area contributed by atoms with Crippen LogP contribution in [0, 0.1) is 0 Å². The van der Waals surface area contributed by atoms with Crippen molar-refractivity contribution in [3.8, 4) is 0 Å². The van der Waals surface area contributed by atoms with E-state index in [1.165, 1.54) is 64.4 Å². The standard InChI is InChI=1S/C15H14N4O3.2C5H8O2.Zr/c20-13-7-3-1-5-11(13)9-16-18-15(22)19-17-10-12-6-2-4-8-14(12)21;2*1-4(6)3-5(2)7;/h1-10,16-17H,(H2,18,19,22);2*3,6H,1-2H3;/b11-9-,12-10-;2*4-3-;. The van der Waals surface area contributed by atoms with E-state index in [0.29, 0.717) is 11.1 Å². The van der Waals surface area contributed by atoms with Crippen LogP contribution in [0.4, 0.5) is 4.79 Å². The average Bonchev–Trinajstić information content (AvgIpc) is 2.75. The minimum Gasteiger partial charge on any atom is -0.512 e. The summed E-state index contributed by atoms with van der Waals surface area (Å²) in [6, 6.07) is -0.584. The van der Waals surface area contributed by atoms with Crippen LogP contribution in [-0.2, 0) is 45.4 Å². The first-order valence-corrected chi connectivity index (χ1v) is 10.4. The predicted octanol–water partition coefficient (Wildman–Crippen LogP) is 2.52. The molecule has 0 saturated carbocycles. The third kappa shape index (κ3) is 19.9. The van der Waals surface area contributed by atoms with Crippen LogP contribution in [0.5, 0.6) is 0 Å². The second-order valence-electron chi connectivity index (χ2n) is 7.02. The van der Waals surface area contributed by atoms with Gasteiger partial charge in [-0.1, -0.05) is 24.3 Å². The third-order valence-corrected chi connectivity index (χ3v) is 3.49. The van der Waals surface area contributed by atoms with E-state index in [1.807, 2.05) is 0 Å². The zero-order valence-electron chi connectivity index (χ0n) is 20.9. The molecular weight excluding hydrogens is 560 g/mol. The summed E-state index contributed by atoms with van der Waals surface area (Å²) >= 11 is 0. The Morgan fingerprint density at radius 1 is 0.649 bits per heavy atom. The van der Waals surface area contributed by atoms with Crippen LogP contribution in [0.3, 0.4) is 0 Å². The Hall–Kier alpha value is -4.05. The van der Waals surface area contributed by atoms with Gasteiger partial charge < -0.3 is 21.1 Å². The molecule has 0 atom stereocenters. The van der Waals surface area contributed by atoms with Gasteiger partial charge in [-0.15, -0.1) is 0 Å². The summed E-state index contributed by atoms with van der Waals surface area (Å²) in [7, 11) is 0. The van der Waals surface area contributed by atoms with Crippen molar-refractivity contribution in [1.29, 1.82) is 0 Å². The van der Waals surface area contributed by atoms with Crippen molar-refractivity contribution in [2.75, 3.05) is 0 Å². The Morgan fingerprint density at radius 3 is 1.22 bits per heavy atom. The largest absolute Gasteiger partial charge is 0.512 e. The predicted molar refractivity (Wildman–Crippen MR) is 135 cm³/mol. The van der Waals surface area contributed by atoms with Crippen LogP contribution in [0.25, 0.3) is 0 Å². The maximum atomic E-state index is 11.4. The van der Waals surface area contributed by atoms with Gasteiger partial charge in [-0.25, -0.2) is 4.79 Å². The summed E-state index contributed by atoms with van der Waals surface area (Å²) in [5.74, 6) is -0.438. The third-order valence-electron chi connectivity index (χ3n) is 3.49. The van der Waals surface area contributed by atoms with Crippen molar-refractivity contribution in [1.82, 2.24) is 21.7 Å². The molecule has 0 bridgehead atoms. The fraction of sp³-hybridized carbons (Fsp3) is 0.160. The molecule has 0 radical (unpaired) electrons. The van der Waals surface area contributed by atoms with Crippen molar-refractivity contribution >= 4 is 29.2 Å². The van der Waals surface area contributed by atoms with E-state index >= 15 is 0 Å². The molecule has 2 rings (SSSR count). The Kier molecular flexibility index (Phi) is 19.1. The number of nitrogens with one attached hydrogen (secondary N) is 4. The van der Waals surface area contributed by atoms with Crippen LogP contribution in [0.1, 0.15) is 27.7 Å². The first-order chi connectivity index (χ1) is 16.9. The molecule has 0 aromatic rings. The smallest absolute Gasteiger partial charge is 0.351 e. The minimum atomic E-state index is -0.584. The minimum absolute atomic E-state index is 0. The van der Waals surface area contributed by atoms with Gasteiger partial charge in [0.25, 0.3) is 0 Å². The summed E-state index contributed by atoms with van der Waals surface area (Å²) in [5.41, 5.74) is 10.4. The molecule has 0 aliphatic heterocycles. The number of aliphatic hydroxyl groups excluding tert-OH is 2. The van der Waals surface area contributed by atoms with Crippen molar-refractivity contribution in [3.05, 3.63) is 95.8 Å². The molecule has 0 spiro atoms. The molecular formula is C25H30N4O7Zr. The van der Waals surface area contributed by atoms with Crippen LogP contribution in [-0.4, -0.2) is 39.4 Å². The molecule has 0 unspecified atom stereocenters. The van der Waals surface area contributed by atoms with Gasteiger partial charge in [-0.3, -0.25) is 30.0 Å². The first kappa shape index (κ1) is 35.1. The summed E-state index contributed by atoms with van der Waals surface area (Å²) in [6.07, 6.45) is 17.9. The molecule has 37 heavy (non-hydrogen) atoms. The van der Waals surface area contributed by atoms with E-state index < -0.39 is 6.03 Å².